The van der Waals surface area contributed by atoms with Gasteiger partial charge in [-0.1, -0.05) is 18.2 Å². The van der Waals surface area contributed by atoms with E-state index in [-0.39, 0.29) is 0 Å². The number of aliphatic hydroxyl groups excluding tert-OH is 1. The molecule has 0 saturated heterocycles. The van der Waals surface area contributed by atoms with Crippen molar-refractivity contribution in [2.24, 2.45) is 0 Å². The molecule has 0 aliphatic carbocycles. The van der Waals surface area contributed by atoms with Gasteiger partial charge in [-0.3, -0.25) is 0 Å². The number of hydrogen-bond donors (Lipinski definition) is 1. The van der Waals surface area contributed by atoms with Crippen molar-refractivity contribution in [2.75, 3.05) is 6.61 Å². The highest BCUT2D eigenvalue weighted by Gasteiger charge is 2.15. The summed E-state index contributed by atoms with van der Waals surface area (Å²) < 4.78 is 8.17. The van der Waals surface area contributed by atoms with Crippen LogP contribution >= 0.6 is 0 Å². The highest BCUT2D eigenvalue weighted by molar-refractivity contribution is 5.78. The van der Waals surface area contributed by atoms with E-state index in [2.05, 4.69) is 67.6 Å². The summed E-state index contributed by atoms with van der Waals surface area (Å²) in [5.74, 6) is 1.74. The standard InChI is InChI=1S/C23H30N2O2/c1-15-9-8-10-16(2)22(15)27-12-7-6-11-25-21-14-18(4)17(3)13-20(21)24-23(25)19(5)26/h8-10,13-14,19,26H,6-7,11-12H2,1-5H3. The largest absolute Gasteiger partial charge is 0.493 e. The van der Waals surface area contributed by atoms with E-state index in [1.54, 1.807) is 6.92 Å². The second-order valence-corrected chi connectivity index (χ2v) is 7.50. The molecule has 1 aromatic heterocycles. The van der Waals surface area contributed by atoms with Crippen LogP contribution in [0.4, 0.5) is 0 Å². The van der Waals surface area contributed by atoms with E-state index in [0.29, 0.717) is 6.61 Å². The lowest BCUT2D eigenvalue weighted by molar-refractivity contribution is 0.184. The summed E-state index contributed by atoms with van der Waals surface area (Å²) in [6, 6.07) is 10.5. The Balaban J connectivity index is 1.68. The zero-order valence-corrected chi connectivity index (χ0v) is 17.0. The minimum Gasteiger partial charge on any atom is -0.493 e. The summed E-state index contributed by atoms with van der Waals surface area (Å²) in [4.78, 5) is 4.67. The number of aromatic nitrogens is 2. The van der Waals surface area contributed by atoms with E-state index in [0.717, 1.165) is 42.0 Å². The van der Waals surface area contributed by atoms with Gasteiger partial charge in [-0.15, -0.1) is 0 Å². The fourth-order valence-electron chi connectivity index (χ4n) is 3.53. The van der Waals surface area contributed by atoms with Crippen molar-refractivity contribution >= 4 is 11.0 Å². The molecule has 0 bridgehead atoms. The summed E-state index contributed by atoms with van der Waals surface area (Å²) >= 11 is 0. The molecule has 1 atom stereocenters. The Morgan fingerprint density at radius 2 is 1.67 bits per heavy atom. The molecule has 0 aliphatic heterocycles. The topological polar surface area (TPSA) is 47.3 Å². The second-order valence-electron chi connectivity index (χ2n) is 7.50. The van der Waals surface area contributed by atoms with Crippen LogP contribution in [0.3, 0.4) is 0 Å². The number of nitrogens with zero attached hydrogens (tertiary/aromatic N) is 2. The zero-order chi connectivity index (χ0) is 19.6. The van der Waals surface area contributed by atoms with Crippen LogP contribution in [0, 0.1) is 27.7 Å². The average Bonchev–Trinajstić information content (AvgIpc) is 2.95. The molecule has 0 aliphatic rings. The third kappa shape index (κ3) is 4.16. The first kappa shape index (κ1) is 19.4. The number of ether oxygens (including phenoxy) is 1. The van der Waals surface area contributed by atoms with Gasteiger partial charge < -0.3 is 14.4 Å². The Labute approximate surface area is 161 Å². The lowest BCUT2D eigenvalue weighted by Crippen LogP contribution is -2.08. The van der Waals surface area contributed by atoms with Crippen molar-refractivity contribution in [3.63, 3.8) is 0 Å². The van der Waals surface area contributed by atoms with E-state index in [1.807, 2.05) is 0 Å². The van der Waals surface area contributed by atoms with E-state index < -0.39 is 6.10 Å². The fourth-order valence-corrected chi connectivity index (χ4v) is 3.53. The highest BCUT2D eigenvalue weighted by atomic mass is 16.5. The van der Waals surface area contributed by atoms with Gasteiger partial charge in [0.15, 0.2) is 0 Å². The van der Waals surface area contributed by atoms with Gasteiger partial charge in [0.2, 0.25) is 0 Å². The summed E-state index contributed by atoms with van der Waals surface area (Å²) in [6.45, 7) is 11.7. The van der Waals surface area contributed by atoms with E-state index in [1.165, 1.54) is 22.3 Å². The molecule has 1 N–H and O–H groups in total. The molecule has 0 spiro atoms. The first-order valence-corrected chi connectivity index (χ1v) is 9.73. The zero-order valence-electron chi connectivity index (χ0n) is 17.0. The third-order valence-electron chi connectivity index (χ3n) is 5.20. The number of benzene rings is 2. The van der Waals surface area contributed by atoms with E-state index in [4.69, 9.17) is 4.74 Å². The van der Waals surface area contributed by atoms with Crippen molar-refractivity contribution in [1.82, 2.24) is 9.55 Å². The maximum absolute atomic E-state index is 10.1. The molecule has 3 rings (SSSR count). The molecule has 0 saturated carbocycles. The molecule has 0 amide bonds. The lowest BCUT2D eigenvalue weighted by atomic mass is 10.1. The highest BCUT2D eigenvalue weighted by Crippen LogP contribution is 2.25. The maximum atomic E-state index is 10.1. The minimum atomic E-state index is -0.580. The van der Waals surface area contributed by atoms with Gasteiger partial charge in [-0.2, -0.15) is 0 Å². The first-order chi connectivity index (χ1) is 12.9. The number of imidazole rings is 1. The lowest BCUT2D eigenvalue weighted by Gasteiger charge is -2.13. The first-order valence-electron chi connectivity index (χ1n) is 9.73. The summed E-state index contributed by atoms with van der Waals surface area (Å²) in [7, 11) is 0. The van der Waals surface area contributed by atoms with Gasteiger partial charge in [0.1, 0.15) is 17.7 Å². The van der Waals surface area contributed by atoms with Crippen LogP contribution in [0.5, 0.6) is 5.75 Å². The summed E-state index contributed by atoms with van der Waals surface area (Å²) in [6.07, 6.45) is 1.35. The molecule has 144 valence electrons. The van der Waals surface area contributed by atoms with E-state index in [9.17, 15) is 5.11 Å². The van der Waals surface area contributed by atoms with Crippen LogP contribution in [-0.2, 0) is 6.54 Å². The molecule has 1 unspecified atom stereocenters. The Hall–Kier alpha value is -2.33. The molecule has 4 heteroatoms. The Morgan fingerprint density at radius 3 is 2.33 bits per heavy atom. The number of aliphatic hydroxyl groups is 1. The van der Waals surface area contributed by atoms with Crippen LogP contribution in [0.25, 0.3) is 11.0 Å². The molecule has 0 fully saturated rings. The number of aryl methyl sites for hydroxylation is 5. The molecule has 4 nitrogen and oxygen atoms in total. The Kier molecular flexibility index (Phi) is 5.85. The molecule has 0 radical (unpaired) electrons. The molecular formula is C23H30N2O2. The van der Waals surface area contributed by atoms with Gasteiger partial charge in [-0.05, 0) is 81.8 Å². The molecule has 3 aromatic rings. The maximum Gasteiger partial charge on any atom is 0.138 e. The number of rotatable bonds is 7. The number of fused-ring (bicyclic) bond motifs is 1. The van der Waals surface area contributed by atoms with Gasteiger partial charge in [0, 0.05) is 6.54 Å². The summed E-state index contributed by atoms with van der Waals surface area (Å²) in [5, 5.41) is 10.1. The molecule has 1 heterocycles. The predicted octanol–water partition coefficient (Wildman–Crippen LogP) is 5.18. The normalized spacial score (nSPS) is 12.5. The number of hydrogen-bond acceptors (Lipinski definition) is 3. The van der Waals surface area contributed by atoms with Crippen LogP contribution in [0.15, 0.2) is 30.3 Å². The van der Waals surface area contributed by atoms with Gasteiger partial charge >= 0.3 is 0 Å². The Bertz CT molecular complexity index is 921. The van der Waals surface area contributed by atoms with Crippen LogP contribution < -0.4 is 4.74 Å². The van der Waals surface area contributed by atoms with Crippen LogP contribution in [0.1, 0.15) is 53.9 Å². The van der Waals surface area contributed by atoms with Gasteiger partial charge in [0.05, 0.1) is 17.6 Å². The van der Waals surface area contributed by atoms with Crippen LogP contribution in [0.2, 0.25) is 0 Å². The van der Waals surface area contributed by atoms with Crippen molar-refractivity contribution in [3.05, 3.63) is 58.4 Å². The smallest absolute Gasteiger partial charge is 0.138 e. The monoisotopic (exact) mass is 366 g/mol. The number of unbranched alkanes of at least 4 members (excludes halogenated alkanes) is 1. The number of para-hydroxylation sites is 1. The van der Waals surface area contributed by atoms with E-state index >= 15 is 0 Å². The van der Waals surface area contributed by atoms with Crippen molar-refractivity contribution < 1.29 is 9.84 Å². The minimum absolute atomic E-state index is 0.580. The SMILES string of the molecule is Cc1cc2nc(C(C)O)n(CCCCOc3c(C)cccc3C)c2cc1C. The third-order valence-corrected chi connectivity index (χ3v) is 5.20. The summed E-state index contributed by atoms with van der Waals surface area (Å²) in [5.41, 5.74) is 6.89. The van der Waals surface area contributed by atoms with Crippen molar-refractivity contribution in [1.29, 1.82) is 0 Å². The second kappa shape index (κ2) is 8.13. The van der Waals surface area contributed by atoms with Gasteiger partial charge in [0.25, 0.3) is 0 Å². The van der Waals surface area contributed by atoms with Crippen molar-refractivity contribution in [2.45, 2.75) is 60.1 Å². The van der Waals surface area contributed by atoms with Gasteiger partial charge in [-0.25, -0.2) is 4.98 Å². The van der Waals surface area contributed by atoms with Crippen LogP contribution in [-0.4, -0.2) is 21.3 Å². The molecule has 2 aromatic carbocycles. The molecular weight excluding hydrogens is 336 g/mol. The quantitative estimate of drug-likeness (QED) is 0.586. The predicted molar refractivity (Wildman–Crippen MR) is 110 cm³/mol. The Morgan fingerprint density at radius 1 is 1.00 bits per heavy atom. The fraction of sp³-hybridized carbons (Fsp3) is 0.435. The average molecular weight is 367 g/mol. The van der Waals surface area contributed by atoms with Crippen molar-refractivity contribution in [3.8, 4) is 5.75 Å². The molecule has 27 heavy (non-hydrogen) atoms.